The maximum Gasteiger partial charge on any atom is 0.0629 e. The Balaban J connectivity index is 1.26. The fraction of sp³-hybridized carbons (Fsp3) is 0. The van der Waals surface area contributed by atoms with Gasteiger partial charge in [0.25, 0.3) is 0 Å². The van der Waals surface area contributed by atoms with Crippen LogP contribution in [0.4, 0.5) is 17.1 Å². The number of benzene rings is 7. The molecule has 228 valence electrons. The van der Waals surface area contributed by atoms with Crippen molar-refractivity contribution in [3.8, 4) is 28.1 Å². The molecule has 0 bridgehead atoms. The smallest absolute Gasteiger partial charge is 0.0629 e. The Morgan fingerprint density at radius 3 is 1.48 bits per heavy atom. The average molecular weight is 617 g/mol. The fourth-order valence-corrected chi connectivity index (χ4v) is 6.42. The summed E-state index contributed by atoms with van der Waals surface area (Å²) in [5.41, 5.74) is 11.0. The highest BCUT2D eigenvalue weighted by atomic mass is 15.1. The van der Waals surface area contributed by atoms with Crippen LogP contribution in [0.5, 0.6) is 0 Å². The van der Waals surface area contributed by atoms with Crippen molar-refractivity contribution in [2.75, 3.05) is 4.90 Å². The lowest BCUT2D eigenvalue weighted by Crippen LogP contribution is -2.09. The molecule has 0 spiro atoms. The maximum atomic E-state index is 9.28. The zero-order valence-corrected chi connectivity index (χ0v) is 26.4. The minimum Gasteiger partial charge on any atom is -0.311 e. The van der Waals surface area contributed by atoms with E-state index >= 15 is 0 Å². The monoisotopic (exact) mass is 616 g/mol. The van der Waals surface area contributed by atoms with E-state index in [4.69, 9.17) is 0 Å². The number of para-hydroxylation sites is 3. The van der Waals surface area contributed by atoms with E-state index in [9.17, 15) is 2.74 Å². The van der Waals surface area contributed by atoms with Crippen LogP contribution >= 0.6 is 0 Å². The zero-order valence-electron chi connectivity index (χ0n) is 28.4. The Labute approximate surface area is 284 Å². The van der Waals surface area contributed by atoms with Gasteiger partial charge in [-0.3, -0.25) is 0 Å². The number of hydrogen-bond acceptors (Lipinski definition) is 1. The summed E-state index contributed by atoms with van der Waals surface area (Å²) >= 11 is 0. The lowest BCUT2D eigenvalue weighted by atomic mass is 9.97. The number of anilines is 3. The molecule has 0 aliphatic carbocycles. The predicted molar refractivity (Wildman–Crippen MR) is 204 cm³/mol. The molecule has 1 heterocycles. The van der Waals surface area contributed by atoms with Crippen LogP contribution in [0.3, 0.4) is 0 Å². The molecule has 0 amide bonds. The molecule has 0 aliphatic rings. The third-order valence-electron chi connectivity index (χ3n) is 8.60. The highest BCUT2D eigenvalue weighted by molar-refractivity contribution is 6.06. The van der Waals surface area contributed by atoms with Crippen LogP contribution in [0.15, 0.2) is 194 Å². The van der Waals surface area contributed by atoms with E-state index in [1.165, 1.54) is 0 Å². The van der Waals surface area contributed by atoms with Crippen LogP contribution in [-0.2, 0) is 0 Å². The van der Waals surface area contributed by atoms with Crippen molar-refractivity contribution in [2.24, 2.45) is 0 Å². The van der Waals surface area contributed by atoms with Crippen molar-refractivity contribution in [1.82, 2.24) is 4.57 Å². The molecule has 0 aliphatic heterocycles. The normalized spacial score (nSPS) is 12.2. The summed E-state index contributed by atoms with van der Waals surface area (Å²) in [6.45, 7) is 0. The first-order valence-electron chi connectivity index (χ1n) is 17.2. The van der Waals surface area contributed by atoms with Gasteiger partial charge in [-0.05, 0) is 82.9 Å². The van der Waals surface area contributed by atoms with Crippen LogP contribution in [0, 0.1) is 0 Å². The van der Waals surface area contributed by atoms with Crippen LogP contribution in [0.25, 0.3) is 51.1 Å². The van der Waals surface area contributed by atoms with Crippen molar-refractivity contribution in [3.05, 3.63) is 205 Å². The first-order chi connectivity index (χ1) is 24.7. The Hall–Kier alpha value is -6.38. The van der Waals surface area contributed by atoms with E-state index in [2.05, 4.69) is 119 Å². The third kappa shape index (κ3) is 5.72. The Morgan fingerprint density at radius 1 is 0.438 bits per heavy atom. The van der Waals surface area contributed by atoms with Crippen molar-refractivity contribution < 1.29 is 2.74 Å². The first kappa shape index (κ1) is 26.8. The van der Waals surface area contributed by atoms with Crippen LogP contribution < -0.4 is 4.90 Å². The average Bonchev–Trinajstić information content (AvgIpc) is 3.54. The lowest BCUT2D eigenvalue weighted by molar-refractivity contribution is 1.13. The summed E-state index contributed by atoms with van der Waals surface area (Å²) in [7, 11) is 0. The van der Waals surface area contributed by atoms with E-state index < -0.39 is 0 Å². The van der Waals surface area contributed by atoms with Gasteiger partial charge in [0.2, 0.25) is 0 Å². The molecule has 8 aromatic rings. The van der Waals surface area contributed by atoms with E-state index in [0.29, 0.717) is 11.1 Å². The van der Waals surface area contributed by atoms with Gasteiger partial charge in [0.1, 0.15) is 0 Å². The minimum atomic E-state index is 0.175. The van der Waals surface area contributed by atoms with Crippen molar-refractivity contribution in [2.45, 2.75) is 0 Å². The van der Waals surface area contributed by atoms with Gasteiger partial charge >= 0.3 is 0 Å². The molecule has 8 rings (SSSR count). The van der Waals surface area contributed by atoms with Gasteiger partial charge in [-0.15, -0.1) is 0 Å². The standard InChI is InChI=1S/C46H34N2/c1-6-16-37(17-7-1)45-43-34-36(30-33-44(43)48(41-24-14-5-15-25-41)46(45)38-18-8-2-9-19-38)27-26-35-28-31-42(32-29-35)47(39-20-10-3-11-21-39)40-22-12-4-13-23-40/h1-34H/b27-26+/i26D,27D. The molecule has 0 saturated carbocycles. The van der Waals surface area contributed by atoms with Gasteiger partial charge in [0.15, 0.2) is 0 Å². The second-order valence-corrected chi connectivity index (χ2v) is 11.7. The molecule has 0 radical (unpaired) electrons. The molecule has 0 N–H and O–H groups in total. The van der Waals surface area contributed by atoms with Crippen LogP contribution in [0.1, 0.15) is 13.9 Å². The van der Waals surface area contributed by atoms with E-state index in [1.54, 1.807) is 0 Å². The largest absolute Gasteiger partial charge is 0.311 e. The SMILES string of the molecule is [2H]/C(=C(/[2H])c1ccc2c(c1)c(-c1ccccc1)c(-c1ccccc1)n2-c1ccccc1)c1ccc(N(c2ccccc2)c2ccccc2)cc1. The number of fused-ring (bicyclic) bond motifs is 1. The minimum absolute atomic E-state index is 0.175. The molecule has 1 aromatic heterocycles. The highest BCUT2D eigenvalue weighted by Crippen LogP contribution is 2.43. The summed E-state index contributed by atoms with van der Waals surface area (Å²) < 4.78 is 20.8. The Morgan fingerprint density at radius 2 is 0.896 bits per heavy atom. The molecular weight excluding hydrogens is 581 g/mol. The van der Waals surface area contributed by atoms with E-state index in [-0.39, 0.29) is 12.1 Å². The Kier molecular flexibility index (Phi) is 7.35. The van der Waals surface area contributed by atoms with Gasteiger partial charge in [-0.2, -0.15) is 0 Å². The number of nitrogens with zero attached hydrogens (tertiary/aromatic N) is 2. The molecule has 2 heteroatoms. The van der Waals surface area contributed by atoms with Crippen molar-refractivity contribution in [3.63, 3.8) is 0 Å². The highest BCUT2D eigenvalue weighted by Gasteiger charge is 2.21. The topological polar surface area (TPSA) is 8.17 Å². The van der Waals surface area contributed by atoms with Gasteiger partial charge < -0.3 is 9.47 Å². The summed E-state index contributed by atoms with van der Waals surface area (Å²) in [4.78, 5) is 2.19. The van der Waals surface area contributed by atoms with Gasteiger partial charge in [0, 0.05) is 33.7 Å². The summed E-state index contributed by atoms with van der Waals surface area (Å²) in [5, 5.41) is 1.03. The van der Waals surface area contributed by atoms with Crippen molar-refractivity contribution in [1.29, 1.82) is 0 Å². The first-order valence-corrected chi connectivity index (χ1v) is 16.2. The van der Waals surface area contributed by atoms with Crippen molar-refractivity contribution >= 4 is 40.1 Å². The molecule has 0 fully saturated rings. The molecule has 0 atom stereocenters. The third-order valence-corrected chi connectivity index (χ3v) is 8.60. The number of aromatic nitrogens is 1. The number of rotatable bonds is 8. The fourth-order valence-electron chi connectivity index (χ4n) is 6.42. The second-order valence-electron chi connectivity index (χ2n) is 11.7. The molecule has 0 unspecified atom stereocenters. The zero-order chi connectivity index (χ0) is 33.9. The molecule has 7 aromatic carbocycles. The summed E-state index contributed by atoms with van der Waals surface area (Å²) in [5.74, 6) is 0. The predicted octanol–water partition coefficient (Wildman–Crippen LogP) is 12.6. The molecule has 48 heavy (non-hydrogen) atoms. The van der Waals surface area contributed by atoms with Crippen LogP contribution in [-0.4, -0.2) is 4.57 Å². The lowest BCUT2D eigenvalue weighted by Gasteiger charge is -2.25. The summed E-state index contributed by atoms with van der Waals surface area (Å²) in [6, 6.07) is 66.4. The van der Waals surface area contributed by atoms with Gasteiger partial charge in [-0.25, -0.2) is 0 Å². The van der Waals surface area contributed by atoms with E-state index in [0.717, 1.165) is 56.0 Å². The Bertz CT molecular complexity index is 2360. The van der Waals surface area contributed by atoms with Gasteiger partial charge in [-0.1, -0.05) is 146 Å². The molecule has 0 saturated heterocycles. The van der Waals surface area contributed by atoms with E-state index in [1.807, 2.05) is 84.9 Å². The quantitative estimate of drug-likeness (QED) is 0.154. The van der Waals surface area contributed by atoms with Gasteiger partial charge in [0.05, 0.1) is 14.0 Å². The maximum absolute atomic E-state index is 9.28. The second kappa shape index (κ2) is 13.2. The number of hydrogen-bond donors (Lipinski definition) is 0. The van der Waals surface area contributed by atoms with Crippen LogP contribution in [0.2, 0.25) is 0 Å². The molecular formula is C46H34N2. The summed E-state index contributed by atoms with van der Waals surface area (Å²) in [6.07, 6.45) is 0. The molecule has 2 nitrogen and oxygen atoms in total.